The fourth-order valence-electron chi connectivity index (χ4n) is 2.36. The van der Waals surface area contributed by atoms with Gasteiger partial charge in [0.1, 0.15) is 0 Å². The molecule has 0 bridgehead atoms. The molecule has 0 heterocycles. The molecule has 0 aromatic heterocycles. The van der Waals surface area contributed by atoms with Crippen molar-refractivity contribution in [1.29, 1.82) is 0 Å². The van der Waals surface area contributed by atoms with Gasteiger partial charge < -0.3 is 20.1 Å². The first kappa shape index (κ1) is 14.2. The van der Waals surface area contributed by atoms with Crippen LogP contribution in [0.5, 0.6) is 0 Å². The van der Waals surface area contributed by atoms with E-state index >= 15 is 0 Å². The van der Waals surface area contributed by atoms with E-state index in [1.807, 2.05) is 0 Å². The van der Waals surface area contributed by atoms with E-state index in [-0.39, 0.29) is 18.1 Å². The lowest BCUT2D eigenvalue weighted by Crippen LogP contribution is -2.21. The highest BCUT2D eigenvalue weighted by Crippen LogP contribution is 2.31. The Kier molecular flexibility index (Phi) is 6.18. The Hall–Kier alpha value is -0.910. The monoisotopic (exact) mass is 244 g/mol. The molecule has 1 aliphatic carbocycles. The van der Waals surface area contributed by atoms with Crippen LogP contribution in [-0.2, 0) is 9.53 Å². The van der Waals surface area contributed by atoms with E-state index in [2.05, 4.69) is 4.74 Å². The van der Waals surface area contributed by atoms with Crippen LogP contribution >= 0.6 is 0 Å². The smallest absolute Gasteiger partial charge is 0.338 e. The Morgan fingerprint density at radius 1 is 1.06 bits per heavy atom. The molecule has 1 saturated carbocycles. The number of hydrogen-bond acceptors (Lipinski definition) is 5. The summed E-state index contributed by atoms with van der Waals surface area (Å²) in [6.45, 7) is -1.43. The van der Waals surface area contributed by atoms with Gasteiger partial charge in [-0.2, -0.15) is 0 Å². The molecule has 1 rings (SSSR count). The second-order valence-electron chi connectivity index (χ2n) is 4.22. The molecule has 0 unspecified atom stereocenters. The molecule has 0 aliphatic heterocycles. The molecule has 5 heteroatoms. The zero-order chi connectivity index (χ0) is 12.7. The molecule has 1 aliphatic rings. The highest BCUT2D eigenvalue weighted by atomic mass is 16.6. The zero-order valence-electron chi connectivity index (χ0n) is 9.89. The topological polar surface area (TPSA) is 87.0 Å². The van der Waals surface area contributed by atoms with Crippen molar-refractivity contribution in [2.75, 3.05) is 20.0 Å². The Labute approximate surface area is 101 Å². The number of esters is 1. The Morgan fingerprint density at radius 3 is 2.18 bits per heavy atom. The molecule has 0 amide bonds. The van der Waals surface area contributed by atoms with E-state index in [0.717, 1.165) is 25.7 Å². The van der Waals surface area contributed by atoms with Crippen molar-refractivity contribution < 1.29 is 24.9 Å². The number of ether oxygens (including phenoxy) is 1. The minimum absolute atomic E-state index is 0.0912. The molecule has 5 nitrogen and oxygen atoms in total. The Bertz CT molecular complexity index is 279. The number of aliphatic hydroxyl groups excluding tert-OH is 3. The summed E-state index contributed by atoms with van der Waals surface area (Å²) >= 11 is 0. The lowest BCUT2D eigenvalue weighted by Gasteiger charge is -2.25. The van der Waals surface area contributed by atoms with Crippen LogP contribution in [0, 0.1) is 5.92 Å². The summed E-state index contributed by atoms with van der Waals surface area (Å²) in [6.07, 6.45) is 5.16. The third-order valence-electron chi connectivity index (χ3n) is 3.26. The number of aliphatic hydroxyl groups is 3. The minimum atomic E-state index is -0.746. The first-order valence-corrected chi connectivity index (χ1v) is 5.96. The van der Waals surface area contributed by atoms with Crippen LogP contribution in [0.1, 0.15) is 32.1 Å². The molecule has 0 aromatic carbocycles. The summed E-state index contributed by atoms with van der Waals surface area (Å²) < 4.78 is 4.46. The summed E-state index contributed by atoms with van der Waals surface area (Å²) in [7, 11) is 0. The molecule has 0 radical (unpaired) electrons. The van der Waals surface area contributed by atoms with Crippen molar-refractivity contribution in [1.82, 2.24) is 0 Å². The molecular weight excluding hydrogens is 224 g/mol. The van der Waals surface area contributed by atoms with Gasteiger partial charge in [0.05, 0.1) is 18.8 Å². The quantitative estimate of drug-likeness (QED) is 0.369. The maximum atomic E-state index is 11.5. The van der Waals surface area contributed by atoms with Crippen molar-refractivity contribution >= 4 is 5.97 Å². The van der Waals surface area contributed by atoms with Gasteiger partial charge in [-0.25, -0.2) is 4.79 Å². The van der Waals surface area contributed by atoms with Crippen LogP contribution in [0.25, 0.3) is 0 Å². The summed E-state index contributed by atoms with van der Waals surface area (Å²) in [6, 6.07) is 0. The summed E-state index contributed by atoms with van der Waals surface area (Å²) in [5, 5.41) is 27.1. The van der Waals surface area contributed by atoms with E-state index in [0.29, 0.717) is 5.57 Å². The van der Waals surface area contributed by atoms with Gasteiger partial charge in [-0.05, 0) is 24.3 Å². The van der Waals surface area contributed by atoms with Crippen LogP contribution in [0.15, 0.2) is 11.1 Å². The van der Waals surface area contributed by atoms with E-state index in [1.54, 1.807) is 0 Å². The predicted molar refractivity (Wildman–Crippen MR) is 61.0 cm³/mol. The second kappa shape index (κ2) is 7.42. The first-order valence-electron chi connectivity index (χ1n) is 5.96. The van der Waals surface area contributed by atoms with Gasteiger partial charge in [0.25, 0.3) is 0 Å². The first-order chi connectivity index (χ1) is 8.24. The average Bonchev–Trinajstić information content (AvgIpc) is 2.37. The van der Waals surface area contributed by atoms with Crippen LogP contribution < -0.4 is 0 Å². The molecular formula is C12H20O5. The van der Waals surface area contributed by atoms with Gasteiger partial charge >= 0.3 is 5.97 Å². The van der Waals surface area contributed by atoms with Gasteiger partial charge in [0.15, 0.2) is 6.79 Å². The van der Waals surface area contributed by atoms with Gasteiger partial charge in [0, 0.05) is 0 Å². The number of rotatable bonds is 5. The van der Waals surface area contributed by atoms with Gasteiger partial charge in [-0.3, -0.25) is 0 Å². The van der Waals surface area contributed by atoms with E-state index < -0.39 is 19.4 Å². The average molecular weight is 244 g/mol. The Balaban J connectivity index is 2.87. The van der Waals surface area contributed by atoms with Crippen LogP contribution in [0.4, 0.5) is 0 Å². The summed E-state index contributed by atoms with van der Waals surface area (Å²) in [4.78, 5) is 11.5. The third kappa shape index (κ3) is 3.80. The van der Waals surface area contributed by atoms with Gasteiger partial charge in [0.2, 0.25) is 0 Å². The largest absolute Gasteiger partial charge is 0.435 e. The number of carbonyl (C=O) groups excluding carboxylic acids is 1. The normalized spacial score (nSPS) is 18.8. The van der Waals surface area contributed by atoms with Crippen LogP contribution in [-0.4, -0.2) is 41.3 Å². The van der Waals surface area contributed by atoms with Crippen molar-refractivity contribution in [2.24, 2.45) is 5.92 Å². The molecule has 3 N–H and O–H groups in total. The molecule has 0 atom stereocenters. The van der Waals surface area contributed by atoms with E-state index in [1.165, 1.54) is 6.42 Å². The molecule has 98 valence electrons. The predicted octanol–water partition coefficient (Wildman–Crippen LogP) is 0.341. The highest BCUT2D eigenvalue weighted by Gasteiger charge is 2.24. The van der Waals surface area contributed by atoms with Crippen molar-refractivity contribution in [3.63, 3.8) is 0 Å². The van der Waals surface area contributed by atoms with Gasteiger partial charge in [-0.1, -0.05) is 19.3 Å². The van der Waals surface area contributed by atoms with Gasteiger partial charge in [-0.15, -0.1) is 0 Å². The number of hydrogen-bond donors (Lipinski definition) is 3. The highest BCUT2D eigenvalue weighted by molar-refractivity contribution is 5.89. The molecule has 1 fully saturated rings. The van der Waals surface area contributed by atoms with E-state index in [4.69, 9.17) is 5.11 Å². The maximum Gasteiger partial charge on any atom is 0.338 e. The summed E-state index contributed by atoms with van der Waals surface area (Å²) in [5.74, 6) is -0.605. The fraction of sp³-hybridized carbons (Fsp3) is 0.750. The van der Waals surface area contributed by atoms with Crippen molar-refractivity contribution in [2.45, 2.75) is 32.1 Å². The molecule has 0 spiro atoms. The lowest BCUT2D eigenvalue weighted by molar-refractivity contribution is -0.147. The SMILES string of the molecule is O=C(OCO)C(CO)=C(CO)C1CCCCC1. The number of carbonyl (C=O) groups is 1. The fourth-order valence-corrected chi connectivity index (χ4v) is 2.36. The second-order valence-corrected chi connectivity index (χ2v) is 4.22. The van der Waals surface area contributed by atoms with Crippen LogP contribution in [0.2, 0.25) is 0 Å². The Morgan fingerprint density at radius 2 is 1.71 bits per heavy atom. The maximum absolute atomic E-state index is 11.5. The minimum Gasteiger partial charge on any atom is -0.435 e. The molecule has 17 heavy (non-hydrogen) atoms. The molecule has 0 aromatic rings. The summed E-state index contributed by atoms with van der Waals surface area (Å²) in [5.41, 5.74) is 0.652. The van der Waals surface area contributed by atoms with Crippen LogP contribution in [0.3, 0.4) is 0 Å². The molecule has 0 saturated heterocycles. The lowest BCUT2D eigenvalue weighted by atomic mass is 9.82. The third-order valence-corrected chi connectivity index (χ3v) is 3.26. The van der Waals surface area contributed by atoms with Crippen molar-refractivity contribution in [3.05, 3.63) is 11.1 Å². The standard InChI is InChI=1S/C12H20O5/c13-6-10(9-4-2-1-3-5-9)11(7-14)12(16)17-8-15/h9,13-15H,1-8H2. The van der Waals surface area contributed by atoms with Crippen molar-refractivity contribution in [3.8, 4) is 0 Å². The van der Waals surface area contributed by atoms with E-state index in [9.17, 15) is 15.0 Å². The zero-order valence-corrected chi connectivity index (χ0v) is 9.89.